The number of nitrogens with one attached hydrogen (secondary N) is 1. The molecule has 178 valence electrons. The van der Waals surface area contributed by atoms with Crippen LogP contribution in [0.5, 0.6) is 5.75 Å². The van der Waals surface area contributed by atoms with Crippen molar-refractivity contribution in [1.82, 2.24) is 19.9 Å². The van der Waals surface area contributed by atoms with E-state index >= 15 is 0 Å². The second-order valence-corrected chi connectivity index (χ2v) is 7.14. The van der Waals surface area contributed by atoms with Crippen LogP contribution < -0.4 is 10.5 Å². The zero-order chi connectivity index (χ0) is 24.5. The van der Waals surface area contributed by atoms with Gasteiger partial charge in [-0.15, -0.1) is 0 Å². The predicted octanol–water partition coefficient (Wildman–Crippen LogP) is 4.03. The molecular weight excluding hydrogens is 432 g/mol. The number of fused-ring (bicyclic) bond motifs is 1. The number of nitrogens with zero attached hydrogens (tertiary/aromatic N) is 3. The lowest BCUT2D eigenvalue weighted by atomic mass is 10.1. The van der Waals surface area contributed by atoms with Crippen LogP contribution in [-0.4, -0.2) is 52.7 Å². The molecule has 3 N–H and O–H groups in total. The van der Waals surface area contributed by atoms with Crippen LogP contribution in [0, 0.1) is 11.6 Å². The number of amides is 1. The van der Waals surface area contributed by atoms with Crippen LogP contribution >= 0.6 is 0 Å². The summed E-state index contributed by atoms with van der Waals surface area (Å²) in [5.74, 6) is -2.68. The van der Waals surface area contributed by atoms with Gasteiger partial charge in [-0.05, 0) is 38.1 Å². The van der Waals surface area contributed by atoms with E-state index < -0.39 is 29.3 Å². The maximum Gasteiger partial charge on any atom is 0.258 e. The molecule has 10 heteroatoms. The fourth-order valence-electron chi connectivity index (χ4n) is 3.57. The number of nitrogens with two attached hydrogens (primary N) is 1. The maximum atomic E-state index is 14.0. The highest BCUT2D eigenvalue weighted by Crippen LogP contribution is 2.35. The number of hydrogen-bond acceptors (Lipinski definition) is 6. The SMILES string of the molecule is CCC.CN.COc1c(C(=O)N2CCCC2c2nc3c(C=O)nccc3[nH]2)ccc(F)c1F. The molecule has 8 nitrogen and oxygen atoms in total. The first kappa shape index (κ1) is 25.9. The van der Waals surface area contributed by atoms with Gasteiger partial charge in [0.25, 0.3) is 5.91 Å². The lowest BCUT2D eigenvalue weighted by molar-refractivity contribution is 0.0726. The molecule has 1 atom stereocenters. The predicted molar refractivity (Wildman–Crippen MR) is 121 cm³/mol. The van der Waals surface area contributed by atoms with E-state index in [-0.39, 0.29) is 11.3 Å². The lowest BCUT2D eigenvalue weighted by Crippen LogP contribution is -2.31. The molecule has 0 saturated carbocycles. The summed E-state index contributed by atoms with van der Waals surface area (Å²) in [6.07, 6.45) is 4.73. The van der Waals surface area contributed by atoms with E-state index in [1.54, 1.807) is 11.0 Å². The topological polar surface area (TPSA) is 114 Å². The summed E-state index contributed by atoms with van der Waals surface area (Å²) < 4.78 is 32.4. The Kier molecular flexibility index (Phi) is 9.41. The number of ether oxygens (including phenoxy) is 1. The van der Waals surface area contributed by atoms with Gasteiger partial charge in [0, 0.05) is 12.7 Å². The second-order valence-electron chi connectivity index (χ2n) is 7.14. The monoisotopic (exact) mass is 461 g/mol. The molecule has 3 heterocycles. The molecule has 1 amide bonds. The fraction of sp³-hybridized carbons (Fsp3) is 0.391. The summed E-state index contributed by atoms with van der Waals surface area (Å²) in [4.78, 5) is 37.3. The summed E-state index contributed by atoms with van der Waals surface area (Å²) in [7, 11) is 2.68. The molecule has 1 aliphatic heterocycles. The van der Waals surface area contributed by atoms with Crippen molar-refractivity contribution >= 4 is 23.2 Å². The van der Waals surface area contributed by atoms with E-state index in [1.165, 1.54) is 32.8 Å². The molecule has 2 aromatic heterocycles. The van der Waals surface area contributed by atoms with Gasteiger partial charge in [0.15, 0.2) is 17.9 Å². The van der Waals surface area contributed by atoms with E-state index in [1.807, 2.05) is 0 Å². The Morgan fingerprint density at radius 2 is 2.00 bits per heavy atom. The number of carbonyl (C=O) groups is 2. The molecule has 1 aliphatic rings. The van der Waals surface area contributed by atoms with Gasteiger partial charge in [0.05, 0.1) is 24.2 Å². The summed E-state index contributed by atoms with van der Waals surface area (Å²) in [5.41, 5.74) is 5.71. The molecule has 1 aromatic carbocycles. The zero-order valence-electron chi connectivity index (χ0n) is 19.2. The van der Waals surface area contributed by atoms with Crippen molar-refractivity contribution in [1.29, 1.82) is 0 Å². The van der Waals surface area contributed by atoms with Gasteiger partial charge in [-0.2, -0.15) is 4.39 Å². The van der Waals surface area contributed by atoms with Crippen molar-refractivity contribution in [3.8, 4) is 5.75 Å². The molecule has 1 fully saturated rings. The number of aldehydes is 1. The minimum absolute atomic E-state index is 0.0559. The quantitative estimate of drug-likeness (QED) is 0.567. The smallest absolute Gasteiger partial charge is 0.258 e. The number of carbonyl (C=O) groups excluding carboxylic acids is 2. The molecule has 33 heavy (non-hydrogen) atoms. The number of imidazole rings is 1. The van der Waals surface area contributed by atoms with Crippen LogP contribution in [0.3, 0.4) is 0 Å². The third-order valence-corrected chi connectivity index (χ3v) is 4.87. The lowest BCUT2D eigenvalue weighted by Gasteiger charge is -2.24. The summed E-state index contributed by atoms with van der Waals surface area (Å²) >= 11 is 0. The standard InChI is InChI=1S/C19H16F2N4O3.C3H8.CH5N/c1-28-17-10(4-5-11(20)15(17)21)19(27)25-8-2-3-14(25)18-23-12-6-7-22-13(9-26)16(12)24-18;1-3-2;1-2/h4-7,9,14H,2-3,8H2,1H3,(H,23,24);3H2,1-2H3;2H2,1H3. The van der Waals surface area contributed by atoms with Gasteiger partial charge >= 0.3 is 0 Å². The van der Waals surface area contributed by atoms with Crippen molar-refractivity contribution < 1.29 is 23.1 Å². The molecule has 0 spiro atoms. The number of H-pyrrole nitrogens is 1. The van der Waals surface area contributed by atoms with Gasteiger partial charge in [-0.25, -0.2) is 9.37 Å². The average molecular weight is 462 g/mol. The van der Waals surface area contributed by atoms with Crippen molar-refractivity contribution in [3.63, 3.8) is 0 Å². The minimum Gasteiger partial charge on any atom is -0.493 e. The first-order chi connectivity index (χ1) is 16.0. The Bertz CT molecular complexity index is 1100. The number of pyridine rings is 1. The van der Waals surface area contributed by atoms with E-state index in [9.17, 15) is 18.4 Å². The van der Waals surface area contributed by atoms with E-state index in [2.05, 4.69) is 34.5 Å². The van der Waals surface area contributed by atoms with Crippen molar-refractivity contribution in [2.24, 2.45) is 5.73 Å². The second kappa shape index (κ2) is 12.0. The minimum atomic E-state index is -1.20. The van der Waals surface area contributed by atoms with Crippen LogP contribution in [0.4, 0.5) is 8.78 Å². The summed E-state index contributed by atoms with van der Waals surface area (Å²) in [5, 5.41) is 0. The number of methoxy groups -OCH3 is 1. The van der Waals surface area contributed by atoms with Crippen molar-refractivity contribution in [3.05, 3.63) is 53.1 Å². The fourth-order valence-corrected chi connectivity index (χ4v) is 3.57. The molecule has 0 bridgehead atoms. The molecular formula is C23H29F2N5O3. The number of aromatic nitrogens is 3. The van der Waals surface area contributed by atoms with Crippen LogP contribution in [0.15, 0.2) is 24.4 Å². The number of aromatic amines is 1. The van der Waals surface area contributed by atoms with Crippen LogP contribution in [0.1, 0.15) is 65.8 Å². The normalized spacial score (nSPS) is 14.8. The first-order valence-electron chi connectivity index (χ1n) is 10.7. The largest absolute Gasteiger partial charge is 0.493 e. The van der Waals surface area contributed by atoms with E-state index in [0.29, 0.717) is 36.1 Å². The zero-order valence-corrected chi connectivity index (χ0v) is 19.2. The number of hydrogen-bond donors (Lipinski definition) is 2. The number of rotatable bonds is 4. The Morgan fingerprint density at radius 3 is 2.64 bits per heavy atom. The van der Waals surface area contributed by atoms with Crippen LogP contribution in [0.2, 0.25) is 0 Å². The first-order valence-corrected chi connectivity index (χ1v) is 10.7. The number of likely N-dealkylation sites (tertiary alicyclic amines) is 1. The van der Waals surface area contributed by atoms with Gasteiger partial charge in [-0.1, -0.05) is 20.3 Å². The maximum absolute atomic E-state index is 14.0. The average Bonchev–Trinajstić information content (AvgIpc) is 3.49. The summed E-state index contributed by atoms with van der Waals surface area (Å²) in [6.45, 7) is 4.68. The summed E-state index contributed by atoms with van der Waals surface area (Å²) in [6, 6.07) is 3.41. The van der Waals surface area contributed by atoms with Crippen LogP contribution in [0.25, 0.3) is 11.0 Å². The van der Waals surface area contributed by atoms with Crippen molar-refractivity contribution in [2.75, 3.05) is 20.7 Å². The molecule has 0 aliphatic carbocycles. The van der Waals surface area contributed by atoms with Gasteiger partial charge in [-0.3, -0.25) is 14.6 Å². The third kappa shape index (κ3) is 5.33. The molecule has 1 unspecified atom stereocenters. The number of benzene rings is 1. The molecule has 3 aromatic rings. The van der Waals surface area contributed by atoms with E-state index in [0.717, 1.165) is 12.5 Å². The Balaban J connectivity index is 0.000000714. The molecule has 4 rings (SSSR count). The van der Waals surface area contributed by atoms with Crippen molar-refractivity contribution in [2.45, 2.75) is 39.2 Å². The number of halogens is 2. The van der Waals surface area contributed by atoms with E-state index in [4.69, 9.17) is 4.74 Å². The Labute approximate surface area is 191 Å². The highest BCUT2D eigenvalue weighted by molar-refractivity contribution is 5.97. The van der Waals surface area contributed by atoms with Gasteiger partial charge in [0.1, 0.15) is 17.0 Å². The molecule has 0 radical (unpaired) electrons. The van der Waals surface area contributed by atoms with Crippen LogP contribution in [-0.2, 0) is 0 Å². The highest BCUT2D eigenvalue weighted by Gasteiger charge is 2.35. The highest BCUT2D eigenvalue weighted by atomic mass is 19.2. The van der Waals surface area contributed by atoms with Gasteiger partial charge < -0.3 is 20.4 Å². The van der Waals surface area contributed by atoms with Gasteiger partial charge in [0.2, 0.25) is 5.82 Å². The third-order valence-electron chi connectivity index (χ3n) is 4.87. The molecule has 1 saturated heterocycles. The Morgan fingerprint density at radius 1 is 1.30 bits per heavy atom. The Hall–Kier alpha value is -3.40.